The van der Waals surface area contributed by atoms with Crippen molar-refractivity contribution in [1.82, 2.24) is 0 Å². The summed E-state index contributed by atoms with van der Waals surface area (Å²) in [5.74, 6) is 4.70. The normalized spacial score (nSPS) is 28.9. The van der Waals surface area contributed by atoms with Crippen molar-refractivity contribution in [1.29, 1.82) is 0 Å². The minimum absolute atomic E-state index is 0.0493. The van der Waals surface area contributed by atoms with Crippen LogP contribution in [0.25, 0.3) is 0 Å². The number of unbranched alkanes of at least 4 members (excludes halogenated alkanes) is 12. The lowest BCUT2D eigenvalue weighted by Gasteiger charge is -2.58. The Morgan fingerprint density at radius 2 is 1.48 bits per heavy atom. The van der Waals surface area contributed by atoms with Crippen molar-refractivity contribution in [2.45, 2.75) is 214 Å². The Labute approximate surface area is 393 Å². The summed E-state index contributed by atoms with van der Waals surface area (Å²) in [5.41, 5.74) is 2.07. The molecule has 0 heterocycles. The van der Waals surface area contributed by atoms with Crippen LogP contribution in [0.2, 0.25) is 0 Å². The smallest absolute Gasteiger partial charge is 0.431 e. The molecule has 1 N–H and O–H groups in total. The topological polar surface area (TPSA) is 101 Å². The number of phosphoric acid groups is 1. The van der Waals surface area contributed by atoms with Gasteiger partial charge in [0.15, 0.2) is 6.10 Å². The first-order valence-corrected chi connectivity index (χ1v) is 28.2. The maximum absolute atomic E-state index is 13.4. The van der Waals surface area contributed by atoms with Crippen LogP contribution in [0, 0.1) is 46.3 Å². The molecule has 4 aliphatic carbocycles. The highest BCUT2D eigenvalue weighted by molar-refractivity contribution is 7.47. The van der Waals surface area contributed by atoms with Gasteiger partial charge in [0.2, 0.25) is 0 Å². The molecule has 0 aliphatic heterocycles. The molecule has 0 saturated heterocycles. The predicted molar refractivity (Wildman–Crippen MR) is 263 cm³/mol. The standard InChI is InChI=1S/C54H98NO8P/c1-10-11-12-13-14-15-16-17-18-19-20-21-22-23-24-25-38-59-41-47(42-61-64(57,58)60-39-37-55(7,8)9)63-52(56)62-46-33-35-53(5)45(40-46)29-30-48-50-32-31-49(44(4)28-26-27-43(2)3)54(50,6)36-34-51(48)53/h17-18,29,43-44,46-51H,10-16,19-28,30-42H2,1-9H3/p+1/b18-17+/t44-,46+,47?,48+,49-,50+,51+,53+,54-/m1/s1. The number of carbonyl (C=O) groups is 1. The van der Waals surface area contributed by atoms with Crippen molar-refractivity contribution in [3.63, 3.8) is 0 Å². The van der Waals surface area contributed by atoms with Crippen molar-refractivity contribution in [2.75, 3.05) is 54.1 Å². The van der Waals surface area contributed by atoms with E-state index in [1.807, 2.05) is 21.1 Å². The van der Waals surface area contributed by atoms with Crippen molar-refractivity contribution in [3.05, 3.63) is 23.8 Å². The quantitative estimate of drug-likeness (QED) is 0.0234. The van der Waals surface area contributed by atoms with E-state index in [4.69, 9.17) is 23.3 Å². The van der Waals surface area contributed by atoms with Crippen LogP contribution in [-0.4, -0.2) is 81.9 Å². The summed E-state index contributed by atoms with van der Waals surface area (Å²) in [6.45, 7) is 15.5. The number of allylic oxidation sites excluding steroid dienone is 3. The maximum atomic E-state index is 13.4. The molecule has 3 saturated carbocycles. The van der Waals surface area contributed by atoms with Gasteiger partial charge in [0, 0.05) is 13.0 Å². The van der Waals surface area contributed by atoms with Crippen molar-refractivity contribution in [3.8, 4) is 0 Å². The lowest BCUT2D eigenvalue weighted by Crippen LogP contribution is -2.51. The highest BCUT2D eigenvalue weighted by atomic mass is 31.2. The monoisotopic (exact) mass is 921 g/mol. The van der Waals surface area contributed by atoms with Crippen molar-refractivity contribution >= 4 is 14.0 Å². The van der Waals surface area contributed by atoms with E-state index < -0.39 is 20.1 Å². The minimum Gasteiger partial charge on any atom is -0.431 e. The maximum Gasteiger partial charge on any atom is 0.508 e. The lowest BCUT2D eigenvalue weighted by molar-refractivity contribution is -0.870. The van der Waals surface area contributed by atoms with Gasteiger partial charge in [0.1, 0.15) is 19.3 Å². The molecule has 0 aromatic heterocycles. The summed E-state index contributed by atoms with van der Waals surface area (Å²) >= 11 is 0. The van der Waals surface area contributed by atoms with E-state index in [-0.39, 0.29) is 31.3 Å². The summed E-state index contributed by atoms with van der Waals surface area (Å²) in [5, 5.41) is 0. The molecule has 10 heteroatoms. The second kappa shape index (κ2) is 27.7. The van der Waals surface area contributed by atoms with E-state index in [1.54, 1.807) is 0 Å². The van der Waals surface area contributed by atoms with Gasteiger partial charge in [0.05, 0.1) is 34.4 Å². The summed E-state index contributed by atoms with van der Waals surface area (Å²) in [6.07, 6.45) is 35.9. The average Bonchev–Trinajstić information content (AvgIpc) is 3.59. The summed E-state index contributed by atoms with van der Waals surface area (Å²) in [6, 6.07) is 0. The number of quaternary nitrogens is 1. The number of rotatable bonds is 32. The molecule has 0 amide bonds. The molecule has 0 bridgehead atoms. The minimum atomic E-state index is -4.36. The van der Waals surface area contributed by atoms with Crippen LogP contribution in [0.4, 0.5) is 4.79 Å². The third-order valence-corrected chi connectivity index (χ3v) is 17.3. The van der Waals surface area contributed by atoms with E-state index >= 15 is 0 Å². The third kappa shape index (κ3) is 18.4. The Bertz CT molecular complexity index is 1440. The fourth-order valence-corrected chi connectivity index (χ4v) is 13.2. The van der Waals surface area contributed by atoms with E-state index in [2.05, 4.69) is 59.8 Å². The highest BCUT2D eigenvalue weighted by Gasteiger charge is 2.59. The van der Waals surface area contributed by atoms with Gasteiger partial charge in [-0.15, -0.1) is 0 Å². The first-order chi connectivity index (χ1) is 30.5. The molecule has 372 valence electrons. The van der Waals surface area contributed by atoms with Gasteiger partial charge in [-0.2, -0.15) is 0 Å². The van der Waals surface area contributed by atoms with Crippen LogP contribution in [0.1, 0.15) is 202 Å². The van der Waals surface area contributed by atoms with E-state index in [0.717, 1.165) is 74.5 Å². The van der Waals surface area contributed by atoms with Crippen LogP contribution in [0.5, 0.6) is 0 Å². The summed E-state index contributed by atoms with van der Waals surface area (Å²) < 4.78 is 41.7. The lowest BCUT2D eigenvalue weighted by atomic mass is 9.47. The molecule has 9 nitrogen and oxygen atoms in total. The molecule has 0 aromatic rings. The zero-order chi connectivity index (χ0) is 46.6. The molecule has 0 spiro atoms. The zero-order valence-corrected chi connectivity index (χ0v) is 43.7. The van der Waals surface area contributed by atoms with Crippen molar-refractivity contribution < 1.29 is 42.0 Å². The number of likely N-dealkylation sites (N-methyl/N-ethyl adjacent to an activating group) is 1. The summed E-state index contributed by atoms with van der Waals surface area (Å²) in [7, 11) is 1.59. The van der Waals surface area contributed by atoms with Gasteiger partial charge in [-0.05, 0) is 123 Å². The number of hydrogen-bond acceptors (Lipinski definition) is 7. The van der Waals surface area contributed by atoms with Crippen LogP contribution >= 0.6 is 7.82 Å². The number of nitrogens with zero attached hydrogens (tertiary/aromatic N) is 1. The van der Waals surface area contributed by atoms with Gasteiger partial charge in [-0.1, -0.05) is 142 Å². The number of hydrogen-bond donors (Lipinski definition) is 1. The van der Waals surface area contributed by atoms with E-state index in [1.165, 1.54) is 121 Å². The molecule has 0 radical (unpaired) electrons. The number of carbonyl (C=O) groups excluding carboxylic acids is 1. The number of ether oxygens (including phenoxy) is 3. The van der Waals surface area contributed by atoms with Crippen LogP contribution in [-0.2, 0) is 27.8 Å². The van der Waals surface area contributed by atoms with Crippen LogP contribution in [0.15, 0.2) is 23.8 Å². The Kier molecular flexibility index (Phi) is 24.0. The third-order valence-electron chi connectivity index (χ3n) is 16.3. The molecule has 4 rings (SSSR count). The molecular formula is C54H99NO8P+. The average molecular weight is 921 g/mol. The molecule has 64 heavy (non-hydrogen) atoms. The number of phosphoric ester groups is 1. The van der Waals surface area contributed by atoms with Gasteiger partial charge in [-0.25, -0.2) is 9.36 Å². The molecule has 3 fully saturated rings. The van der Waals surface area contributed by atoms with Gasteiger partial charge < -0.3 is 23.6 Å². The first kappa shape index (κ1) is 55.4. The second-order valence-corrected chi connectivity index (χ2v) is 24.3. The zero-order valence-electron chi connectivity index (χ0n) is 42.8. The Balaban J connectivity index is 1.21. The molecule has 4 aliphatic rings. The van der Waals surface area contributed by atoms with Crippen LogP contribution in [0.3, 0.4) is 0 Å². The Morgan fingerprint density at radius 3 is 2.16 bits per heavy atom. The molecular weight excluding hydrogens is 822 g/mol. The predicted octanol–water partition coefficient (Wildman–Crippen LogP) is 14.8. The Hall–Kier alpha value is -1.22. The molecule has 0 aromatic carbocycles. The van der Waals surface area contributed by atoms with Gasteiger partial charge >= 0.3 is 14.0 Å². The van der Waals surface area contributed by atoms with Crippen molar-refractivity contribution in [2.24, 2.45) is 46.3 Å². The Morgan fingerprint density at radius 1 is 0.812 bits per heavy atom. The van der Waals surface area contributed by atoms with E-state index in [0.29, 0.717) is 29.0 Å². The molecule has 10 atom stereocenters. The summed E-state index contributed by atoms with van der Waals surface area (Å²) in [4.78, 5) is 23.8. The largest absolute Gasteiger partial charge is 0.508 e. The van der Waals surface area contributed by atoms with Crippen LogP contribution < -0.4 is 0 Å². The van der Waals surface area contributed by atoms with E-state index in [9.17, 15) is 14.3 Å². The first-order valence-electron chi connectivity index (χ1n) is 26.7. The fourth-order valence-electron chi connectivity index (χ4n) is 12.5. The molecule has 2 unspecified atom stereocenters. The van der Waals surface area contributed by atoms with Gasteiger partial charge in [0.25, 0.3) is 0 Å². The fraction of sp³-hybridized carbons (Fsp3) is 0.907. The SMILES string of the molecule is CCCCCCCC/C=C/CCCCCCCCOCC(COP(=O)(O)OCC[N+](C)(C)C)OC(=O)O[C@H]1CC[C@@]2(C)C(=CC[C@H]3[C@@H]4CC[C@H]([C@H](C)CCCC(C)C)[C@@]4(C)CC[C@@H]32)C1. The highest BCUT2D eigenvalue weighted by Crippen LogP contribution is 2.67. The van der Waals surface area contributed by atoms with Gasteiger partial charge in [-0.3, -0.25) is 9.05 Å². The second-order valence-electron chi connectivity index (χ2n) is 22.9. The number of fused-ring (bicyclic) bond motifs is 5.